The summed E-state index contributed by atoms with van der Waals surface area (Å²) in [5.74, 6) is 2.68. The first kappa shape index (κ1) is 22.4. The van der Waals surface area contributed by atoms with Gasteiger partial charge < -0.3 is 9.15 Å². The van der Waals surface area contributed by atoms with Crippen LogP contribution < -0.4 is 4.74 Å². The number of aromatic nitrogens is 5. The van der Waals surface area contributed by atoms with Gasteiger partial charge in [0.25, 0.3) is 5.89 Å². The number of benzene rings is 2. The molecule has 0 N–H and O–H groups in total. The van der Waals surface area contributed by atoms with Crippen molar-refractivity contribution >= 4 is 23.1 Å². The standard InChI is InChI=1S/C25H23N5O2S2/c1-4-31-20-12-10-19(11-13-20)30-22(18-8-5-7-16(2)15-18)26-29-25(30)34-17(3)23-27-28-24(32-23)21-9-6-14-33-21/h5-15,17H,4H2,1-3H3. The smallest absolute Gasteiger partial charge is 0.257 e. The molecule has 2 aromatic carbocycles. The molecule has 9 heteroatoms. The Morgan fingerprint density at radius 1 is 1.03 bits per heavy atom. The van der Waals surface area contributed by atoms with E-state index < -0.39 is 0 Å². The summed E-state index contributed by atoms with van der Waals surface area (Å²) in [5, 5.41) is 20.2. The number of hydrogen-bond acceptors (Lipinski definition) is 8. The number of nitrogens with zero attached hydrogens (tertiary/aromatic N) is 5. The van der Waals surface area contributed by atoms with Gasteiger partial charge in [-0.3, -0.25) is 4.57 Å². The lowest BCUT2D eigenvalue weighted by Crippen LogP contribution is -2.01. The maximum Gasteiger partial charge on any atom is 0.257 e. The highest BCUT2D eigenvalue weighted by Gasteiger charge is 2.23. The molecule has 0 aliphatic carbocycles. The normalized spacial score (nSPS) is 12.1. The maximum absolute atomic E-state index is 5.95. The van der Waals surface area contributed by atoms with E-state index >= 15 is 0 Å². The second kappa shape index (κ2) is 9.82. The monoisotopic (exact) mass is 489 g/mol. The Balaban J connectivity index is 1.50. The van der Waals surface area contributed by atoms with Crippen molar-refractivity contribution in [2.75, 3.05) is 6.61 Å². The molecule has 3 heterocycles. The van der Waals surface area contributed by atoms with Crippen molar-refractivity contribution in [2.45, 2.75) is 31.2 Å². The predicted octanol–water partition coefficient (Wildman–Crippen LogP) is 6.61. The fourth-order valence-corrected chi connectivity index (χ4v) is 5.06. The van der Waals surface area contributed by atoms with E-state index in [1.807, 2.05) is 67.8 Å². The molecule has 0 bridgehead atoms. The SMILES string of the molecule is CCOc1ccc(-n2c(SC(C)c3nnc(-c4cccs4)o3)nnc2-c2cccc(C)c2)cc1. The minimum atomic E-state index is -0.114. The van der Waals surface area contributed by atoms with Gasteiger partial charge in [-0.2, -0.15) is 0 Å². The van der Waals surface area contributed by atoms with Crippen LogP contribution in [0.1, 0.15) is 30.6 Å². The highest BCUT2D eigenvalue weighted by molar-refractivity contribution is 7.99. The zero-order valence-electron chi connectivity index (χ0n) is 19.0. The van der Waals surface area contributed by atoms with E-state index in [0.29, 0.717) is 18.4 Å². The molecule has 0 aliphatic rings. The van der Waals surface area contributed by atoms with Crippen LogP contribution in [0.5, 0.6) is 5.75 Å². The van der Waals surface area contributed by atoms with E-state index in [2.05, 4.69) is 44.0 Å². The Morgan fingerprint density at radius 2 is 1.88 bits per heavy atom. The first-order valence-corrected chi connectivity index (χ1v) is 12.7. The Labute approximate surface area is 205 Å². The van der Waals surface area contributed by atoms with E-state index in [0.717, 1.165) is 38.4 Å². The number of ether oxygens (including phenoxy) is 1. The predicted molar refractivity (Wildman–Crippen MR) is 135 cm³/mol. The van der Waals surface area contributed by atoms with Crippen molar-refractivity contribution in [2.24, 2.45) is 0 Å². The maximum atomic E-state index is 5.95. The molecular weight excluding hydrogens is 466 g/mol. The van der Waals surface area contributed by atoms with Gasteiger partial charge in [0.2, 0.25) is 5.89 Å². The third kappa shape index (κ3) is 4.62. The van der Waals surface area contributed by atoms with E-state index in [1.165, 1.54) is 11.8 Å². The van der Waals surface area contributed by atoms with Gasteiger partial charge in [0.1, 0.15) is 5.75 Å². The number of thiophene rings is 1. The molecule has 0 fully saturated rings. The lowest BCUT2D eigenvalue weighted by atomic mass is 10.1. The summed E-state index contributed by atoms with van der Waals surface area (Å²) in [6, 6.07) is 20.1. The fraction of sp³-hybridized carbons (Fsp3) is 0.200. The zero-order valence-corrected chi connectivity index (χ0v) is 20.6. The third-order valence-corrected chi connectivity index (χ3v) is 7.01. The van der Waals surface area contributed by atoms with Gasteiger partial charge in [-0.15, -0.1) is 31.7 Å². The molecule has 0 radical (unpaired) electrons. The van der Waals surface area contributed by atoms with Crippen molar-refractivity contribution in [1.82, 2.24) is 25.0 Å². The largest absolute Gasteiger partial charge is 0.494 e. The number of hydrogen-bond donors (Lipinski definition) is 0. The zero-order chi connectivity index (χ0) is 23.5. The molecule has 5 rings (SSSR count). The van der Waals surface area contributed by atoms with Gasteiger partial charge in [-0.1, -0.05) is 41.6 Å². The van der Waals surface area contributed by atoms with Crippen molar-refractivity contribution in [3.63, 3.8) is 0 Å². The Hall–Kier alpha value is -3.43. The molecule has 0 saturated heterocycles. The molecule has 0 saturated carbocycles. The summed E-state index contributed by atoms with van der Waals surface area (Å²) in [5.41, 5.74) is 3.11. The summed E-state index contributed by atoms with van der Waals surface area (Å²) >= 11 is 3.10. The van der Waals surface area contributed by atoms with Crippen LogP contribution >= 0.6 is 23.1 Å². The van der Waals surface area contributed by atoms with Crippen LogP contribution in [-0.4, -0.2) is 31.6 Å². The molecule has 1 unspecified atom stereocenters. The van der Waals surface area contributed by atoms with Crippen LogP contribution in [0.25, 0.3) is 27.8 Å². The van der Waals surface area contributed by atoms with Crippen LogP contribution in [0.2, 0.25) is 0 Å². The fourth-order valence-electron chi connectivity index (χ4n) is 3.52. The molecular formula is C25H23N5O2S2. The number of aryl methyl sites for hydroxylation is 1. The lowest BCUT2D eigenvalue weighted by molar-refractivity contribution is 0.340. The second-order valence-electron chi connectivity index (χ2n) is 7.62. The van der Waals surface area contributed by atoms with Crippen molar-refractivity contribution < 1.29 is 9.15 Å². The van der Waals surface area contributed by atoms with Crippen LogP contribution in [0.15, 0.2) is 75.6 Å². The second-order valence-corrected chi connectivity index (χ2v) is 9.88. The topological polar surface area (TPSA) is 78.9 Å². The Morgan fingerprint density at radius 3 is 2.62 bits per heavy atom. The molecule has 0 amide bonds. The molecule has 1 atom stereocenters. The van der Waals surface area contributed by atoms with Gasteiger partial charge in [0, 0.05) is 11.3 Å². The molecule has 0 spiro atoms. The highest BCUT2D eigenvalue weighted by Crippen LogP contribution is 2.38. The summed E-state index contributed by atoms with van der Waals surface area (Å²) in [7, 11) is 0. The molecule has 5 aromatic rings. The summed E-state index contributed by atoms with van der Waals surface area (Å²) in [6.07, 6.45) is 0. The molecule has 34 heavy (non-hydrogen) atoms. The quantitative estimate of drug-likeness (QED) is 0.227. The summed E-state index contributed by atoms with van der Waals surface area (Å²) < 4.78 is 13.6. The van der Waals surface area contributed by atoms with Crippen LogP contribution in [0.4, 0.5) is 0 Å². The lowest BCUT2D eigenvalue weighted by Gasteiger charge is -2.13. The minimum absolute atomic E-state index is 0.114. The molecule has 172 valence electrons. The highest BCUT2D eigenvalue weighted by atomic mass is 32.2. The summed E-state index contributed by atoms with van der Waals surface area (Å²) in [4.78, 5) is 0.954. The van der Waals surface area contributed by atoms with Crippen molar-refractivity contribution in [3.8, 4) is 33.6 Å². The van der Waals surface area contributed by atoms with Crippen LogP contribution in [-0.2, 0) is 0 Å². The van der Waals surface area contributed by atoms with Gasteiger partial charge in [0.15, 0.2) is 11.0 Å². The molecule has 7 nitrogen and oxygen atoms in total. The van der Waals surface area contributed by atoms with Gasteiger partial charge >= 0.3 is 0 Å². The van der Waals surface area contributed by atoms with E-state index in [-0.39, 0.29) is 5.25 Å². The van der Waals surface area contributed by atoms with E-state index in [4.69, 9.17) is 9.15 Å². The first-order chi connectivity index (χ1) is 16.6. The third-order valence-electron chi connectivity index (χ3n) is 5.12. The van der Waals surface area contributed by atoms with Crippen LogP contribution in [0, 0.1) is 6.92 Å². The van der Waals surface area contributed by atoms with Gasteiger partial charge in [-0.25, -0.2) is 0 Å². The average Bonchev–Trinajstić information content (AvgIpc) is 3.60. The molecule has 0 aliphatic heterocycles. The van der Waals surface area contributed by atoms with E-state index in [9.17, 15) is 0 Å². The van der Waals surface area contributed by atoms with Crippen LogP contribution in [0.3, 0.4) is 0 Å². The summed E-state index contributed by atoms with van der Waals surface area (Å²) in [6.45, 7) is 6.69. The Bertz CT molecular complexity index is 1380. The molecule has 3 aromatic heterocycles. The minimum Gasteiger partial charge on any atom is -0.494 e. The first-order valence-electron chi connectivity index (χ1n) is 10.9. The van der Waals surface area contributed by atoms with Gasteiger partial charge in [-0.05, 0) is 62.5 Å². The van der Waals surface area contributed by atoms with Crippen molar-refractivity contribution in [3.05, 3.63) is 77.5 Å². The van der Waals surface area contributed by atoms with Crippen molar-refractivity contribution in [1.29, 1.82) is 0 Å². The number of thioether (sulfide) groups is 1. The Kier molecular flexibility index (Phi) is 6.46. The average molecular weight is 490 g/mol. The van der Waals surface area contributed by atoms with E-state index in [1.54, 1.807) is 11.3 Å². The van der Waals surface area contributed by atoms with Gasteiger partial charge in [0.05, 0.1) is 16.7 Å². The number of rotatable bonds is 8.